The first-order valence-corrected chi connectivity index (χ1v) is 8.83. The fourth-order valence-corrected chi connectivity index (χ4v) is 3.60. The molecule has 1 aliphatic heterocycles. The smallest absolute Gasteiger partial charge is 0.244 e. The zero-order chi connectivity index (χ0) is 15.3. The molecule has 0 aromatic carbocycles. The largest absolute Gasteiger partial charge is 0.375 e. The highest BCUT2D eigenvalue weighted by Crippen LogP contribution is 2.20. The van der Waals surface area contributed by atoms with Crippen LogP contribution in [0.4, 0.5) is 5.82 Å². The van der Waals surface area contributed by atoms with Crippen molar-refractivity contribution in [1.82, 2.24) is 9.29 Å². The van der Waals surface area contributed by atoms with Gasteiger partial charge in [-0.1, -0.05) is 13.8 Å². The van der Waals surface area contributed by atoms with Gasteiger partial charge >= 0.3 is 0 Å². The first kappa shape index (κ1) is 16.2. The van der Waals surface area contributed by atoms with E-state index in [0.717, 1.165) is 19.4 Å². The van der Waals surface area contributed by atoms with E-state index < -0.39 is 10.0 Å². The zero-order valence-corrected chi connectivity index (χ0v) is 13.4. The van der Waals surface area contributed by atoms with Gasteiger partial charge in [0, 0.05) is 25.8 Å². The Balaban J connectivity index is 2.11. The van der Waals surface area contributed by atoms with E-state index in [0.29, 0.717) is 25.5 Å². The van der Waals surface area contributed by atoms with Crippen LogP contribution in [0.1, 0.15) is 26.7 Å². The van der Waals surface area contributed by atoms with E-state index in [2.05, 4.69) is 17.2 Å². The van der Waals surface area contributed by atoms with Crippen LogP contribution in [0.2, 0.25) is 0 Å². The maximum absolute atomic E-state index is 12.6. The third-order valence-corrected chi connectivity index (χ3v) is 5.34. The summed E-state index contributed by atoms with van der Waals surface area (Å²) in [7, 11) is -3.48. The number of pyridine rings is 1. The van der Waals surface area contributed by atoms with Crippen molar-refractivity contribution in [1.29, 1.82) is 0 Å². The van der Waals surface area contributed by atoms with Crippen molar-refractivity contribution in [2.24, 2.45) is 0 Å². The summed E-state index contributed by atoms with van der Waals surface area (Å²) in [6.07, 6.45) is 3.20. The number of anilines is 1. The van der Waals surface area contributed by atoms with Gasteiger partial charge in [0.05, 0.1) is 12.7 Å². The second-order valence-electron chi connectivity index (χ2n) is 5.07. The summed E-state index contributed by atoms with van der Waals surface area (Å²) in [4.78, 5) is 4.41. The Kier molecular flexibility index (Phi) is 5.55. The molecule has 1 aliphatic rings. The van der Waals surface area contributed by atoms with Gasteiger partial charge in [0.15, 0.2) is 0 Å². The Labute approximate surface area is 126 Å². The molecule has 1 N–H and O–H groups in total. The topological polar surface area (TPSA) is 71.5 Å². The van der Waals surface area contributed by atoms with Gasteiger partial charge < -0.3 is 10.1 Å². The highest BCUT2D eigenvalue weighted by Gasteiger charge is 2.30. The molecule has 118 valence electrons. The van der Waals surface area contributed by atoms with E-state index >= 15 is 0 Å². The lowest BCUT2D eigenvalue weighted by Gasteiger charge is -2.31. The van der Waals surface area contributed by atoms with Crippen LogP contribution in [0.5, 0.6) is 0 Å². The van der Waals surface area contributed by atoms with Crippen molar-refractivity contribution in [3.8, 4) is 0 Å². The molecule has 0 radical (unpaired) electrons. The quantitative estimate of drug-likeness (QED) is 0.865. The monoisotopic (exact) mass is 313 g/mol. The average molecular weight is 313 g/mol. The highest BCUT2D eigenvalue weighted by atomic mass is 32.2. The number of rotatable bonds is 6. The number of ether oxygens (including phenoxy) is 1. The average Bonchev–Trinajstić information content (AvgIpc) is 2.53. The SMILES string of the molecule is CCCNc1ccc(S(=O)(=O)N2CCOC(CC)C2)cn1. The van der Waals surface area contributed by atoms with Crippen molar-refractivity contribution in [3.05, 3.63) is 18.3 Å². The van der Waals surface area contributed by atoms with Crippen LogP contribution in [-0.2, 0) is 14.8 Å². The van der Waals surface area contributed by atoms with Crippen LogP contribution in [-0.4, -0.2) is 50.1 Å². The van der Waals surface area contributed by atoms with Crippen molar-refractivity contribution in [2.75, 3.05) is 31.6 Å². The molecule has 1 unspecified atom stereocenters. The summed E-state index contributed by atoms with van der Waals surface area (Å²) in [5.41, 5.74) is 0. The van der Waals surface area contributed by atoms with Crippen LogP contribution < -0.4 is 5.32 Å². The minimum atomic E-state index is -3.48. The van der Waals surface area contributed by atoms with Crippen LogP contribution in [0.15, 0.2) is 23.2 Å². The summed E-state index contributed by atoms with van der Waals surface area (Å²) >= 11 is 0. The van der Waals surface area contributed by atoms with Crippen molar-refractivity contribution < 1.29 is 13.2 Å². The Morgan fingerprint density at radius 3 is 2.86 bits per heavy atom. The van der Waals surface area contributed by atoms with Crippen LogP contribution >= 0.6 is 0 Å². The number of hydrogen-bond acceptors (Lipinski definition) is 5. The Hall–Kier alpha value is -1.18. The van der Waals surface area contributed by atoms with Gasteiger partial charge in [-0.3, -0.25) is 0 Å². The molecular weight excluding hydrogens is 290 g/mol. The summed E-state index contributed by atoms with van der Waals surface area (Å²) in [5, 5.41) is 3.13. The molecule has 2 rings (SSSR count). The third-order valence-electron chi connectivity index (χ3n) is 3.49. The zero-order valence-electron chi connectivity index (χ0n) is 12.6. The molecule has 0 amide bonds. The van der Waals surface area contributed by atoms with E-state index in [-0.39, 0.29) is 11.0 Å². The summed E-state index contributed by atoms with van der Waals surface area (Å²) in [6.45, 7) is 6.14. The van der Waals surface area contributed by atoms with Gasteiger partial charge in [-0.25, -0.2) is 13.4 Å². The van der Waals surface area contributed by atoms with Crippen molar-refractivity contribution in [3.63, 3.8) is 0 Å². The third kappa shape index (κ3) is 3.93. The molecule has 0 saturated carbocycles. The van der Waals surface area contributed by atoms with Gasteiger partial charge in [0.1, 0.15) is 10.7 Å². The van der Waals surface area contributed by atoms with Crippen molar-refractivity contribution in [2.45, 2.75) is 37.7 Å². The van der Waals surface area contributed by atoms with Gasteiger partial charge in [-0.05, 0) is 25.0 Å². The maximum Gasteiger partial charge on any atom is 0.244 e. The highest BCUT2D eigenvalue weighted by molar-refractivity contribution is 7.89. The molecule has 1 aromatic heterocycles. The van der Waals surface area contributed by atoms with Crippen molar-refractivity contribution >= 4 is 15.8 Å². The molecule has 21 heavy (non-hydrogen) atoms. The van der Waals surface area contributed by atoms with Gasteiger partial charge in [0.2, 0.25) is 10.0 Å². The van der Waals surface area contributed by atoms with Crippen LogP contribution in [0.25, 0.3) is 0 Å². The predicted molar refractivity (Wildman–Crippen MR) is 81.8 cm³/mol. The van der Waals surface area contributed by atoms with E-state index in [9.17, 15) is 8.42 Å². The minimum absolute atomic E-state index is 0.0213. The molecular formula is C14H23N3O3S. The molecule has 1 atom stereocenters. The molecule has 2 heterocycles. The molecule has 0 aliphatic carbocycles. The first-order chi connectivity index (χ1) is 10.1. The summed E-state index contributed by atoms with van der Waals surface area (Å²) < 4.78 is 32.2. The fraction of sp³-hybridized carbons (Fsp3) is 0.643. The Bertz CT molecular complexity index is 545. The number of nitrogens with zero attached hydrogens (tertiary/aromatic N) is 2. The first-order valence-electron chi connectivity index (χ1n) is 7.39. The number of morpholine rings is 1. The predicted octanol–water partition coefficient (Wildman–Crippen LogP) is 1.70. The minimum Gasteiger partial charge on any atom is -0.375 e. The standard InChI is InChI=1S/C14H23N3O3S/c1-3-7-15-14-6-5-13(10-16-14)21(18,19)17-8-9-20-12(4-2)11-17/h5-6,10,12H,3-4,7-9,11H2,1-2H3,(H,15,16). The van der Waals surface area contributed by atoms with E-state index in [1.165, 1.54) is 10.5 Å². The molecule has 0 bridgehead atoms. The molecule has 1 aromatic rings. The summed E-state index contributed by atoms with van der Waals surface area (Å²) in [5.74, 6) is 0.698. The Morgan fingerprint density at radius 2 is 2.24 bits per heavy atom. The lowest BCUT2D eigenvalue weighted by molar-refractivity contribution is -0.00278. The molecule has 6 nitrogen and oxygen atoms in total. The molecule has 0 spiro atoms. The van der Waals surface area contributed by atoms with Crippen LogP contribution in [0.3, 0.4) is 0 Å². The molecule has 7 heteroatoms. The van der Waals surface area contributed by atoms with E-state index in [4.69, 9.17) is 4.74 Å². The fourth-order valence-electron chi connectivity index (χ4n) is 2.20. The van der Waals surface area contributed by atoms with Gasteiger partial charge in [-0.2, -0.15) is 4.31 Å². The molecule has 1 saturated heterocycles. The summed E-state index contributed by atoms with van der Waals surface area (Å²) in [6, 6.07) is 3.32. The number of sulfonamides is 1. The normalized spacial score (nSPS) is 20.4. The molecule has 1 fully saturated rings. The lowest BCUT2D eigenvalue weighted by atomic mass is 10.2. The van der Waals surface area contributed by atoms with Gasteiger partial charge in [-0.15, -0.1) is 0 Å². The Morgan fingerprint density at radius 1 is 1.43 bits per heavy atom. The van der Waals surface area contributed by atoms with Gasteiger partial charge in [0.25, 0.3) is 0 Å². The van der Waals surface area contributed by atoms with E-state index in [1.807, 2.05) is 6.92 Å². The van der Waals surface area contributed by atoms with Crippen LogP contribution in [0, 0.1) is 0 Å². The number of aromatic nitrogens is 1. The number of hydrogen-bond donors (Lipinski definition) is 1. The number of nitrogens with one attached hydrogen (secondary N) is 1. The van der Waals surface area contributed by atoms with E-state index in [1.54, 1.807) is 12.1 Å². The maximum atomic E-state index is 12.6. The second kappa shape index (κ2) is 7.20. The lowest BCUT2D eigenvalue weighted by Crippen LogP contribution is -2.45. The second-order valence-corrected chi connectivity index (χ2v) is 7.01.